The van der Waals surface area contributed by atoms with Gasteiger partial charge in [-0.1, -0.05) is 0 Å². The van der Waals surface area contributed by atoms with Crippen LogP contribution in [0.4, 0.5) is 0 Å². The molecule has 0 aromatic carbocycles. The minimum absolute atomic E-state index is 0.382. The van der Waals surface area contributed by atoms with Crippen LogP contribution in [-0.2, 0) is 5.54 Å². The zero-order valence-electron chi connectivity index (χ0n) is 17.6. The van der Waals surface area contributed by atoms with Crippen molar-refractivity contribution in [3.05, 3.63) is 11.9 Å². The van der Waals surface area contributed by atoms with Crippen LogP contribution in [0.2, 0.25) is 0 Å². The Morgan fingerprint density at radius 1 is 0.488 bits per heavy atom. The fraction of sp³-hybridized carbons (Fsp3) is 0.600. The van der Waals surface area contributed by atoms with Crippen molar-refractivity contribution in [2.75, 3.05) is 0 Å². The van der Waals surface area contributed by atoms with Gasteiger partial charge in [-0.2, -0.15) is 15.4 Å². The third-order valence-electron chi connectivity index (χ3n) is 2.22. The Bertz CT molecular complexity index is 772. The van der Waals surface area contributed by atoms with Gasteiger partial charge in [0.15, 0.2) is 0 Å². The van der Waals surface area contributed by atoms with Crippen LogP contribution in [-0.4, -0.2) is 15.4 Å². The van der Waals surface area contributed by atoms with Gasteiger partial charge in [-0.3, -0.25) is 0 Å². The summed E-state index contributed by atoms with van der Waals surface area (Å²) >= 11 is 53.7. The predicted molar refractivity (Wildman–Crippen MR) is 482 cm³/mol. The minimum atomic E-state index is -0.501. The number of rotatable bonds is 15. The van der Waals surface area contributed by atoms with Crippen LogP contribution in [0.3, 0.4) is 0 Å². The van der Waals surface area contributed by atoms with E-state index in [4.69, 9.17) is 5.73 Å². The molecule has 0 spiro atoms. The van der Waals surface area contributed by atoms with Crippen LogP contribution in [0.1, 0.15) is 19.5 Å². The molecule has 36 heteroatoms. The first-order valence-electron chi connectivity index (χ1n) is 7.18. The molecule has 0 atom stereocenters. The molecule has 4 nitrogen and oxygen atoms in total. The standard InChI is InChI=1S/C5H10N4.I32/c1-5(2,6)4-3-7-9-8-4;1-18(2)20(5)22(7)24(9)26(11)28(13)30(15)32(17)31(16)29(14)27(12)25(10)23(8)21(6)19(3)4/h3H,6H2,1-2H3,(H,7,8,9);. The van der Waals surface area contributed by atoms with Gasteiger partial charge in [0.05, 0.1) is 11.7 Å². The van der Waals surface area contributed by atoms with Crippen molar-refractivity contribution in [2.24, 2.45) is 5.73 Å². The Balaban J connectivity index is 0.00000149. The van der Waals surface area contributed by atoms with Crippen molar-refractivity contribution < 1.29 is 0 Å². The van der Waals surface area contributed by atoms with E-state index in [1.54, 1.807) is 6.20 Å². The summed E-state index contributed by atoms with van der Waals surface area (Å²) in [6, 6.07) is 0. The zero-order valence-corrected chi connectivity index (χ0v) is 86.7. The molecule has 0 unspecified atom stereocenters. The van der Waals surface area contributed by atoms with Gasteiger partial charge in [-0.25, -0.2) is 0 Å². The second kappa shape index (κ2) is 36.4. The van der Waals surface area contributed by atoms with Gasteiger partial charge >= 0.3 is 435 Å². The molecular formula is C5H10I32N4. The van der Waals surface area contributed by atoms with Crippen LogP contribution < -0.4 is 5.73 Å². The third kappa shape index (κ3) is 27.3. The molecule has 1 aromatic rings. The molecule has 0 fully saturated rings. The van der Waals surface area contributed by atoms with Gasteiger partial charge < -0.3 is 5.73 Å². The van der Waals surface area contributed by atoms with E-state index in [1.807, 2.05) is 13.8 Å². The molecule has 274 valence electrons. The number of halogens is 32. The van der Waals surface area contributed by atoms with Crippen molar-refractivity contribution in [1.82, 2.24) is 15.4 Å². The molecule has 0 bridgehead atoms. The van der Waals surface area contributed by atoms with Gasteiger partial charge in [0, 0.05) is 0 Å². The van der Waals surface area contributed by atoms with Crippen molar-refractivity contribution in [1.29, 1.82) is 0 Å². The topological polar surface area (TPSA) is 67.6 Å². The van der Waals surface area contributed by atoms with E-state index in [0.717, 1.165) is 5.69 Å². The maximum atomic E-state index is 5.68. The molecule has 0 radical (unpaired) electrons. The summed E-state index contributed by atoms with van der Waals surface area (Å²) in [6.07, 6.45) is 1.62. The van der Waals surface area contributed by atoms with E-state index in [2.05, 4.69) is 332 Å². The van der Waals surface area contributed by atoms with E-state index in [0.29, 0.717) is 0 Å². The molecule has 1 rings (SSSR count). The molecule has 41 heavy (non-hydrogen) atoms. The molecule has 1 aromatic heterocycles. The number of nitrogens with two attached hydrogens (primary N) is 1. The Kier molecular flexibility index (Phi) is 56.4. The normalized spacial score (nSPS) is 17.0. The third-order valence-corrected chi connectivity index (χ3v) is 2320. The van der Waals surface area contributed by atoms with E-state index >= 15 is 0 Å². The molecular weight excluding hydrogens is 4180 g/mol. The van der Waals surface area contributed by atoms with Crippen molar-refractivity contribution in [3.8, 4) is 0 Å². The Morgan fingerprint density at radius 2 is 0.707 bits per heavy atom. The molecule has 0 saturated heterocycles. The van der Waals surface area contributed by atoms with E-state index in [1.165, 1.54) is 0 Å². The fourth-order valence-electron chi connectivity index (χ4n) is 0.913. The summed E-state index contributed by atoms with van der Waals surface area (Å²) in [5.41, 5.74) is 6.08. The molecule has 3 N–H and O–H groups in total. The maximum absolute atomic E-state index is 5.68. The summed E-state index contributed by atoms with van der Waals surface area (Å²) in [5, 5.41) is 9.96. The summed E-state index contributed by atoms with van der Waals surface area (Å²) in [7, 11) is -7.10. The molecule has 0 aliphatic heterocycles. The van der Waals surface area contributed by atoms with E-state index < -0.39 is 118 Å². The first kappa shape index (κ1) is 63.5. The number of aromatic nitrogens is 3. The number of aromatic amines is 1. The fourth-order valence-corrected chi connectivity index (χ4v) is 5450. The monoisotopic (exact) mass is 4190 g/mol. The molecule has 0 amide bonds. The van der Waals surface area contributed by atoms with Gasteiger partial charge in [-0.15, -0.1) is 0 Å². The molecule has 0 saturated carbocycles. The Morgan fingerprint density at radius 3 is 0.829 bits per heavy atom. The second-order valence-corrected chi connectivity index (χ2v) is 736. The molecule has 0 aliphatic rings. The first-order valence-corrected chi connectivity index (χ1v) is 202. The average molecular weight is 4190 g/mol. The van der Waals surface area contributed by atoms with Crippen molar-refractivity contribution in [2.45, 2.75) is 19.4 Å². The van der Waals surface area contributed by atoms with E-state index in [-0.39, 0.29) is 5.54 Å². The van der Waals surface area contributed by atoms with E-state index in [9.17, 15) is 0 Å². The summed E-state index contributed by atoms with van der Waals surface area (Å²) in [6.45, 7) is 3.76. The summed E-state index contributed by atoms with van der Waals surface area (Å²) in [5.74, 6) is 0. The van der Waals surface area contributed by atoms with Crippen LogP contribution in [0.15, 0.2) is 6.20 Å². The predicted octanol–water partition coefficient (Wildman–Crippen LogP) is 28.3. The van der Waals surface area contributed by atoms with Gasteiger partial charge in [0.25, 0.3) is 0 Å². The number of hydrogen-bond donors (Lipinski definition) is 2. The molecule has 0 aliphatic carbocycles. The summed E-state index contributed by atoms with van der Waals surface area (Å²) < 4.78 is 0. The number of H-pyrrole nitrogens is 1. The van der Waals surface area contributed by atoms with Gasteiger partial charge in [-0.05, 0) is 13.8 Å². The molecule has 1 heterocycles. The average Bonchev–Trinajstić information content (AvgIpc) is 3.48. The first-order chi connectivity index (χ1) is 18.6. The SMILES string of the molecule is CC(C)(N)c1cn[nH]n1.II(I)I(I)I(I)I(I)I(I)I(I)I(I)I(I)I(I)I(I)I(I)I(I)I(I)I(I)I(I)I. The second-order valence-electron chi connectivity index (χ2n) is 5.01. The Hall–Kier alpha value is 22.5. The van der Waals surface area contributed by atoms with Crippen LogP contribution in [0, 0.1) is 0 Å². The van der Waals surface area contributed by atoms with Crippen molar-refractivity contribution >= 4 is 435 Å². The zero-order chi connectivity index (χ0) is 32.6. The van der Waals surface area contributed by atoms with Crippen LogP contribution in [0.5, 0.6) is 0 Å². The quantitative estimate of drug-likeness (QED) is 0.172. The van der Waals surface area contributed by atoms with Gasteiger partial charge in [0.1, 0.15) is 5.69 Å². The Labute approximate surface area is 462 Å². The van der Waals surface area contributed by atoms with Crippen LogP contribution in [0.25, 0.3) is 0 Å². The number of nitrogens with one attached hydrogen (secondary N) is 1. The summed E-state index contributed by atoms with van der Waals surface area (Å²) in [4.78, 5) is 0. The number of nitrogens with zero attached hydrogens (tertiary/aromatic N) is 2. The van der Waals surface area contributed by atoms with Crippen molar-refractivity contribution in [3.63, 3.8) is 0 Å². The van der Waals surface area contributed by atoms with Gasteiger partial charge in [0.2, 0.25) is 0 Å². The van der Waals surface area contributed by atoms with Crippen LogP contribution >= 0.6 is 435 Å². The number of hydrogen-bond acceptors (Lipinski definition) is 3.